The third-order valence-corrected chi connectivity index (χ3v) is 6.01. The zero-order chi connectivity index (χ0) is 22.3. The molecule has 2 atom stereocenters. The van der Waals surface area contributed by atoms with Crippen molar-refractivity contribution in [2.45, 2.75) is 45.2 Å². The highest BCUT2D eigenvalue weighted by Gasteiger charge is 2.40. The van der Waals surface area contributed by atoms with E-state index in [9.17, 15) is 18.4 Å². The second kappa shape index (κ2) is 8.10. The molecule has 5 nitrogen and oxygen atoms in total. The van der Waals surface area contributed by atoms with Gasteiger partial charge in [-0.2, -0.15) is 5.26 Å². The van der Waals surface area contributed by atoms with E-state index in [2.05, 4.69) is 10.6 Å². The van der Waals surface area contributed by atoms with Crippen molar-refractivity contribution < 1.29 is 18.4 Å². The van der Waals surface area contributed by atoms with E-state index in [-0.39, 0.29) is 46.8 Å². The number of carbonyl (C=O) groups excluding carboxylic acids is 2. The van der Waals surface area contributed by atoms with Crippen LogP contribution in [0.4, 0.5) is 8.78 Å². The Morgan fingerprint density at radius 3 is 2.71 bits per heavy atom. The van der Waals surface area contributed by atoms with Crippen molar-refractivity contribution in [3.8, 4) is 6.07 Å². The van der Waals surface area contributed by atoms with Crippen molar-refractivity contribution in [1.29, 1.82) is 5.26 Å². The van der Waals surface area contributed by atoms with Gasteiger partial charge in [-0.3, -0.25) is 9.59 Å². The lowest BCUT2D eigenvalue weighted by Crippen LogP contribution is -2.44. The van der Waals surface area contributed by atoms with Crippen LogP contribution >= 0.6 is 0 Å². The lowest BCUT2D eigenvalue weighted by Gasteiger charge is -2.33. The normalized spacial score (nSPS) is 21.7. The summed E-state index contributed by atoms with van der Waals surface area (Å²) < 4.78 is 28.8. The molecule has 2 N–H and O–H groups in total. The van der Waals surface area contributed by atoms with E-state index >= 15 is 0 Å². The van der Waals surface area contributed by atoms with Crippen LogP contribution in [0.15, 0.2) is 52.4 Å². The topological polar surface area (TPSA) is 82.0 Å². The number of allylic oxidation sites excluding steroid dienone is 2. The Hall–Kier alpha value is -3.27. The second-order valence-corrected chi connectivity index (χ2v) is 8.18. The second-order valence-electron chi connectivity index (χ2n) is 8.18. The fraction of sp³-hybridized carbons (Fsp3) is 0.333. The van der Waals surface area contributed by atoms with Crippen LogP contribution in [0.1, 0.15) is 50.3 Å². The van der Waals surface area contributed by atoms with E-state index in [1.165, 1.54) is 18.2 Å². The van der Waals surface area contributed by atoms with Crippen molar-refractivity contribution in [2.75, 3.05) is 0 Å². The minimum absolute atomic E-state index is 0.154. The van der Waals surface area contributed by atoms with Crippen molar-refractivity contribution in [2.24, 2.45) is 5.92 Å². The van der Waals surface area contributed by atoms with Gasteiger partial charge in [-0.15, -0.1) is 0 Å². The molecule has 0 saturated heterocycles. The molecule has 1 aromatic carbocycles. The number of hydrogen-bond donors (Lipinski definition) is 2. The van der Waals surface area contributed by atoms with Crippen LogP contribution < -0.4 is 10.6 Å². The molecule has 0 aromatic heterocycles. The van der Waals surface area contributed by atoms with Gasteiger partial charge in [-0.25, -0.2) is 8.78 Å². The zero-order valence-electron chi connectivity index (χ0n) is 17.3. The lowest BCUT2D eigenvalue weighted by molar-refractivity contribution is -0.124. The van der Waals surface area contributed by atoms with Gasteiger partial charge in [0, 0.05) is 17.6 Å². The minimum Gasteiger partial charge on any atom is -0.349 e. The average molecular weight is 422 g/mol. The van der Waals surface area contributed by atoms with Crippen molar-refractivity contribution in [1.82, 2.24) is 10.6 Å². The van der Waals surface area contributed by atoms with Gasteiger partial charge in [-0.1, -0.05) is 6.07 Å². The summed E-state index contributed by atoms with van der Waals surface area (Å²) in [5, 5.41) is 14.4. The van der Waals surface area contributed by atoms with E-state index in [0.717, 1.165) is 24.5 Å². The summed E-state index contributed by atoms with van der Waals surface area (Å²) >= 11 is 0. The van der Waals surface area contributed by atoms with Gasteiger partial charge in [0.05, 0.1) is 30.1 Å². The molecule has 31 heavy (non-hydrogen) atoms. The van der Waals surface area contributed by atoms with Gasteiger partial charge in [0.25, 0.3) is 0 Å². The number of amides is 2. The third-order valence-electron chi connectivity index (χ3n) is 6.01. The summed E-state index contributed by atoms with van der Waals surface area (Å²) in [5.74, 6) is -1.51. The Morgan fingerprint density at radius 2 is 2.06 bits per heavy atom. The van der Waals surface area contributed by atoms with Gasteiger partial charge in [0.15, 0.2) is 0 Å². The molecule has 1 radical (unpaired) electrons. The van der Waals surface area contributed by atoms with Gasteiger partial charge >= 0.3 is 0 Å². The SMILES string of the molecule is CC1=C(CC(=O)N[C@@H](C)c2ccc(C#N)cc2F)C(=O)NC2[CH]C=C(F)C(C3CC3)=C12. The predicted octanol–water partition coefficient (Wildman–Crippen LogP) is 3.86. The molecular weight excluding hydrogens is 400 g/mol. The lowest BCUT2D eigenvalue weighted by atomic mass is 9.80. The van der Waals surface area contributed by atoms with Crippen LogP contribution in [0.5, 0.6) is 0 Å². The first-order chi connectivity index (χ1) is 14.8. The molecule has 1 unspecified atom stereocenters. The number of benzene rings is 1. The Balaban J connectivity index is 1.56. The summed E-state index contributed by atoms with van der Waals surface area (Å²) in [4.78, 5) is 25.3. The Morgan fingerprint density at radius 1 is 1.32 bits per heavy atom. The van der Waals surface area contributed by atoms with E-state index in [1.54, 1.807) is 20.3 Å². The predicted molar refractivity (Wildman–Crippen MR) is 110 cm³/mol. The first kappa shape index (κ1) is 21.0. The average Bonchev–Trinajstić information content (AvgIpc) is 3.56. The smallest absolute Gasteiger partial charge is 0.248 e. The van der Waals surface area contributed by atoms with Gasteiger partial charge in [0.2, 0.25) is 11.8 Å². The Kier molecular flexibility index (Phi) is 5.48. The molecule has 4 rings (SSSR count). The number of fused-ring (bicyclic) bond motifs is 1. The molecular formula is C24H22F2N3O2. The first-order valence-corrected chi connectivity index (χ1v) is 10.2. The van der Waals surface area contributed by atoms with Crippen molar-refractivity contribution in [3.63, 3.8) is 0 Å². The highest BCUT2D eigenvalue weighted by molar-refractivity contribution is 6.02. The molecule has 1 heterocycles. The van der Waals surface area contributed by atoms with E-state index in [0.29, 0.717) is 11.1 Å². The van der Waals surface area contributed by atoms with E-state index in [4.69, 9.17) is 5.26 Å². The van der Waals surface area contributed by atoms with Gasteiger partial charge in [-0.05, 0) is 67.5 Å². The molecule has 0 spiro atoms. The molecule has 3 aliphatic rings. The molecule has 1 aromatic rings. The first-order valence-electron chi connectivity index (χ1n) is 10.2. The quantitative estimate of drug-likeness (QED) is 0.756. The van der Waals surface area contributed by atoms with E-state index < -0.39 is 17.8 Å². The highest BCUT2D eigenvalue weighted by Crippen LogP contribution is 2.47. The number of rotatable bonds is 5. The molecule has 1 fully saturated rings. The molecule has 1 aliphatic heterocycles. The van der Waals surface area contributed by atoms with Crippen molar-refractivity contribution in [3.05, 3.63) is 75.8 Å². The zero-order valence-corrected chi connectivity index (χ0v) is 17.3. The van der Waals surface area contributed by atoms with Crippen LogP contribution in [0, 0.1) is 29.5 Å². The Bertz CT molecular complexity index is 1110. The largest absolute Gasteiger partial charge is 0.349 e. The standard InChI is InChI=1S/C24H22F2N3O2/c1-12-17(10-21(30)28-13(2)16-6-3-14(11-27)9-19(16)26)24(31)29-20-8-7-18(25)23(22(12)20)15-4-5-15/h3,6-9,13,15,20H,4-5,10H2,1-2H3,(H,28,30)(H,29,31)/t13-,20?/m0/s1. The summed E-state index contributed by atoms with van der Waals surface area (Å²) in [6.45, 7) is 3.38. The number of nitrogens with zero attached hydrogens (tertiary/aromatic N) is 1. The molecule has 1 saturated carbocycles. The monoisotopic (exact) mass is 422 g/mol. The summed E-state index contributed by atoms with van der Waals surface area (Å²) in [6.07, 6.45) is 4.67. The number of nitriles is 1. The Labute approximate surface area is 179 Å². The van der Waals surface area contributed by atoms with Crippen LogP contribution in [-0.2, 0) is 9.59 Å². The number of nitrogens with one attached hydrogen (secondary N) is 2. The maximum Gasteiger partial charge on any atom is 0.248 e. The molecule has 0 bridgehead atoms. The molecule has 7 heteroatoms. The van der Waals surface area contributed by atoms with Crippen LogP contribution in [-0.4, -0.2) is 17.9 Å². The van der Waals surface area contributed by atoms with Crippen LogP contribution in [0.2, 0.25) is 0 Å². The number of hydrogen-bond acceptors (Lipinski definition) is 3. The van der Waals surface area contributed by atoms with Crippen molar-refractivity contribution >= 4 is 11.8 Å². The minimum atomic E-state index is -0.648. The fourth-order valence-electron chi connectivity index (χ4n) is 4.26. The number of halogens is 2. The fourth-order valence-corrected chi connectivity index (χ4v) is 4.26. The molecule has 159 valence electrons. The van der Waals surface area contributed by atoms with E-state index in [1.807, 2.05) is 6.07 Å². The van der Waals surface area contributed by atoms with Crippen LogP contribution in [0.3, 0.4) is 0 Å². The summed E-state index contributed by atoms with van der Waals surface area (Å²) in [6, 6.07) is 4.89. The van der Waals surface area contributed by atoms with Crippen LogP contribution in [0.25, 0.3) is 0 Å². The third kappa shape index (κ3) is 4.02. The highest BCUT2D eigenvalue weighted by atomic mass is 19.1. The maximum absolute atomic E-state index is 14.5. The summed E-state index contributed by atoms with van der Waals surface area (Å²) in [7, 11) is 0. The maximum atomic E-state index is 14.5. The molecule has 2 aliphatic carbocycles. The summed E-state index contributed by atoms with van der Waals surface area (Å²) in [5.41, 5.74) is 2.74. The van der Waals surface area contributed by atoms with Gasteiger partial charge in [0.1, 0.15) is 11.6 Å². The molecule has 2 amide bonds. The number of carbonyl (C=O) groups is 2. The van der Waals surface area contributed by atoms with Gasteiger partial charge < -0.3 is 10.6 Å².